The average Bonchev–Trinajstić information content (AvgIpc) is 2.90. The third-order valence-corrected chi connectivity index (χ3v) is 5.15. The molecule has 6 nitrogen and oxygen atoms in total. The third kappa shape index (κ3) is 3.43. The lowest BCUT2D eigenvalue weighted by molar-refractivity contribution is -0.255. The quantitative estimate of drug-likeness (QED) is 0.722. The first-order valence-electron chi connectivity index (χ1n) is 8.08. The highest BCUT2D eigenvalue weighted by Crippen LogP contribution is 2.38. The van der Waals surface area contributed by atoms with E-state index in [4.69, 9.17) is 4.74 Å². The van der Waals surface area contributed by atoms with Crippen LogP contribution in [0.15, 0.2) is 53.4 Å². The van der Waals surface area contributed by atoms with Gasteiger partial charge >= 0.3 is 0 Å². The van der Waals surface area contributed by atoms with Gasteiger partial charge in [-0.3, -0.25) is 9.59 Å². The molecule has 134 valence electrons. The number of aromatic carboxylic acids is 1. The molecule has 0 N–H and O–H groups in total. The van der Waals surface area contributed by atoms with Gasteiger partial charge in [-0.2, -0.15) is 0 Å². The SMILES string of the molecule is CCOc1ccccc1N1C(=O)CC(Sc2ccccc2C(=O)[O-])C1=O. The summed E-state index contributed by atoms with van der Waals surface area (Å²) in [4.78, 5) is 38.0. The number of carboxylic acids is 1. The van der Waals surface area contributed by atoms with E-state index in [1.165, 1.54) is 6.07 Å². The zero-order chi connectivity index (χ0) is 18.7. The molecule has 0 aliphatic carbocycles. The molecule has 26 heavy (non-hydrogen) atoms. The van der Waals surface area contributed by atoms with E-state index in [-0.39, 0.29) is 23.8 Å². The van der Waals surface area contributed by atoms with Gasteiger partial charge in [-0.15, -0.1) is 11.8 Å². The van der Waals surface area contributed by atoms with Crippen molar-refractivity contribution >= 4 is 35.2 Å². The van der Waals surface area contributed by atoms with Crippen LogP contribution in [0.2, 0.25) is 0 Å². The average molecular weight is 370 g/mol. The largest absolute Gasteiger partial charge is 0.545 e. The third-order valence-electron chi connectivity index (χ3n) is 3.89. The van der Waals surface area contributed by atoms with Crippen LogP contribution in [0.25, 0.3) is 0 Å². The number of benzene rings is 2. The van der Waals surface area contributed by atoms with E-state index in [0.29, 0.717) is 22.9 Å². The molecular weight excluding hydrogens is 354 g/mol. The molecular formula is C19H16NO5S-. The van der Waals surface area contributed by atoms with Crippen LogP contribution in [-0.4, -0.2) is 29.6 Å². The Balaban J connectivity index is 1.88. The van der Waals surface area contributed by atoms with Gasteiger partial charge in [0.1, 0.15) is 5.75 Å². The van der Waals surface area contributed by atoms with E-state index in [1.807, 2.05) is 6.92 Å². The molecule has 1 aliphatic rings. The molecule has 1 aliphatic heterocycles. The lowest BCUT2D eigenvalue weighted by Gasteiger charge is -2.19. The molecule has 2 aromatic rings. The molecule has 2 amide bonds. The summed E-state index contributed by atoms with van der Waals surface area (Å²) in [6, 6.07) is 13.1. The molecule has 0 radical (unpaired) electrons. The Kier molecular flexibility index (Phi) is 5.27. The molecule has 0 bridgehead atoms. The van der Waals surface area contributed by atoms with Crippen molar-refractivity contribution in [2.75, 3.05) is 11.5 Å². The Morgan fingerprint density at radius 2 is 1.88 bits per heavy atom. The number of carboxylic acid groups (broad SMARTS) is 1. The molecule has 1 fully saturated rings. The predicted molar refractivity (Wildman–Crippen MR) is 95.1 cm³/mol. The van der Waals surface area contributed by atoms with Gasteiger partial charge in [-0.1, -0.05) is 30.3 Å². The van der Waals surface area contributed by atoms with Crippen LogP contribution in [0.4, 0.5) is 5.69 Å². The van der Waals surface area contributed by atoms with E-state index >= 15 is 0 Å². The highest BCUT2D eigenvalue weighted by molar-refractivity contribution is 8.00. The van der Waals surface area contributed by atoms with Gasteiger partial charge in [0.25, 0.3) is 0 Å². The molecule has 1 saturated heterocycles. The van der Waals surface area contributed by atoms with Gasteiger partial charge in [0.2, 0.25) is 11.8 Å². The van der Waals surface area contributed by atoms with Crippen molar-refractivity contribution in [3.05, 3.63) is 54.1 Å². The van der Waals surface area contributed by atoms with Crippen molar-refractivity contribution in [1.82, 2.24) is 0 Å². The van der Waals surface area contributed by atoms with Crippen LogP contribution < -0.4 is 14.7 Å². The van der Waals surface area contributed by atoms with Gasteiger partial charge in [-0.05, 0) is 25.1 Å². The van der Waals surface area contributed by atoms with Crippen LogP contribution in [0.3, 0.4) is 0 Å². The van der Waals surface area contributed by atoms with Gasteiger partial charge in [0.05, 0.1) is 23.5 Å². The number of ether oxygens (including phenoxy) is 1. The van der Waals surface area contributed by atoms with Crippen molar-refractivity contribution in [3.8, 4) is 5.75 Å². The number of rotatable bonds is 6. The van der Waals surface area contributed by atoms with E-state index in [9.17, 15) is 19.5 Å². The number of para-hydroxylation sites is 2. The number of carbonyl (C=O) groups excluding carboxylic acids is 3. The fourth-order valence-corrected chi connectivity index (χ4v) is 3.93. The molecule has 1 heterocycles. The van der Waals surface area contributed by atoms with E-state index < -0.39 is 11.2 Å². The fourth-order valence-electron chi connectivity index (χ4n) is 2.76. The number of carbonyl (C=O) groups is 3. The number of anilines is 1. The molecule has 3 rings (SSSR count). The van der Waals surface area contributed by atoms with Crippen molar-refractivity contribution < 1.29 is 24.2 Å². The van der Waals surface area contributed by atoms with Crippen LogP contribution in [0.1, 0.15) is 23.7 Å². The fraction of sp³-hybridized carbons (Fsp3) is 0.211. The van der Waals surface area contributed by atoms with Gasteiger partial charge in [0, 0.05) is 16.9 Å². The van der Waals surface area contributed by atoms with Crippen LogP contribution in [0.5, 0.6) is 5.75 Å². The van der Waals surface area contributed by atoms with Crippen molar-refractivity contribution in [2.24, 2.45) is 0 Å². The minimum atomic E-state index is -1.32. The Morgan fingerprint density at radius 3 is 2.62 bits per heavy atom. The maximum absolute atomic E-state index is 12.8. The Morgan fingerprint density at radius 1 is 1.19 bits per heavy atom. The first kappa shape index (κ1) is 18.0. The number of thioether (sulfide) groups is 1. The molecule has 0 saturated carbocycles. The number of imide groups is 1. The lowest BCUT2D eigenvalue weighted by atomic mass is 10.2. The summed E-state index contributed by atoms with van der Waals surface area (Å²) in [5, 5.41) is 10.5. The number of hydrogen-bond acceptors (Lipinski definition) is 6. The lowest BCUT2D eigenvalue weighted by Crippen LogP contribution is -2.31. The predicted octanol–water partition coefficient (Wildman–Crippen LogP) is 1.87. The van der Waals surface area contributed by atoms with Crippen molar-refractivity contribution in [1.29, 1.82) is 0 Å². The number of amides is 2. The molecule has 0 spiro atoms. The van der Waals surface area contributed by atoms with Gasteiger partial charge < -0.3 is 14.6 Å². The van der Waals surface area contributed by atoms with Crippen LogP contribution >= 0.6 is 11.8 Å². The monoisotopic (exact) mass is 370 g/mol. The summed E-state index contributed by atoms with van der Waals surface area (Å²) in [5.74, 6) is -1.59. The molecule has 0 aromatic heterocycles. The summed E-state index contributed by atoms with van der Waals surface area (Å²) in [5.41, 5.74) is 0.409. The highest BCUT2D eigenvalue weighted by atomic mass is 32.2. The smallest absolute Gasteiger partial charge is 0.247 e. The minimum Gasteiger partial charge on any atom is -0.545 e. The normalized spacial score (nSPS) is 16.8. The van der Waals surface area contributed by atoms with Crippen LogP contribution in [-0.2, 0) is 9.59 Å². The van der Waals surface area contributed by atoms with Gasteiger partial charge in [0.15, 0.2) is 0 Å². The Labute approximate surface area is 154 Å². The highest BCUT2D eigenvalue weighted by Gasteiger charge is 2.41. The first-order chi connectivity index (χ1) is 12.5. The summed E-state index contributed by atoms with van der Waals surface area (Å²) >= 11 is 1.06. The standard InChI is InChI=1S/C19H17NO5S/c1-2-25-14-9-5-4-8-13(14)20-17(21)11-16(18(20)22)26-15-10-6-3-7-12(15)19(23)24/h3-10,16H,2,11H2,1H3,(H,23,24)/p-1. The summed E-state index contributed by atoms with van der Waals surface area (Å²) < 4.78 is 5.51. The zero-order valence-corrected chi connectivity index (χ0v) is 14.8. The van der Waals surface area contributed by atoms with Crippen LogP contribution in [0, 0.1) is 0 Å². The topological polar surface area (TPSA) is 86.7 Å². The maximum Gasteiger partial charge on any atom is 0.247 e. The number of nitrogens with zero attached hydrogens (tertiary/aromatic N) is 1. The second-order valence-corrected chi connectivity index (χ2v) is 6.81. The molecule has 1 unspecified atom stereocenters. The van der Waals surface area contributed by atoms with Crippen molar-refractivity contribution in [3.63, 3.8) is 0 Å². The van der Waals surface area contributed by atoms with E-state index in [0.717, 1.165) is 16.7 Å². The Hall–Kier alpha value is -2.80. The Bertz CT molecular complexity index is 867. The minimum absolute atomic E-state index is 0.00548. The maximum atomic E-state index is 12.8. The second-order valence-electron chi connectivity index (χ2n) is 5.56. The summed E-state index contributed by atoms with van der Waals surface area (Å²) in [6.07, 6.45) is -0.00859. The summed E-state index contributed by atoms with van der Waals surface area (Å²) in [6.45, 7) is 2.23. The zero-order valence-electron chi connectivity index (χ0n) is 14.0. The van der Waals surface area contributed by atoms with Gasteiger partial charge in [-0.25, -0.2) is 4.90 Å². The second kappa shape index (κ2) is 7.61. The summed E-state index contributed by atoms with van der Waals surface area (Å²) in [7, 11) is 0. The molecule has 1 atom stereocenters. The van der Waals surface area contributed by atoms with E-state index in [2.05, 4.69) is 0 Å². The van der Waals surface area contributed by atoms with E-state index in [1.54, 1.807) is 42.5 Å². The number of hydrogen-bond donors (Lipinski definition) is 0. The van der Waals surface area contributed by atoms with Crippen molar-refractivity contribution in [2.45, 2.75) is 23.5 Å². The molecule has 2 aromatic carbocycles. The molecule has 7 heteroatoms. The first-order valence-corrected chi connectivity index (χ1v) is 8.96.